The van der Waals surface area contributed by atoms with Crippen molar-refractivity contribution in [2.24, 2.45) is 18.5 Å². The summed E-state index contributed by atoms with van der Waals surface area (Å²) >= 11 is 0. The first-order chi connectivity index (χ1) is 8.09. The highest BCUT2D eigenvalue weighted by molar-refractivity contribution is 5.84. The summed E-state index contributed by atoms with van der Waals surface area (Å²) in [5.74, 6) is 0. The molecule has 0 fully saturated rings. The van der Waals surface area contributed by atoms with E-state index >= 15 is 0 Å². The number of nitrogens with two attached hydrogens (primary N) is 2. The third-order valence-corrected chi connectivity index (χ3v) is 3.26. The van der Waals surface area contributed by atoms with Crippen molar-refractivity contribution in [3.8, 4) is 0 Å². The van der Waals surface area contributed by atoms with Crippen molar-refractivity contribution >= 4 is 10.9 Å². The van der Waals surface area contributed by atoms with E-state index in [1.807, 2.05) is 6.92 Å². The van der Waals surface area contributed by atoms with Crippen LogP contribution < -0.4 is 11.5 Å². The zero-order valence-electron chi connectivity index (χ0n) is 10.6. The molecule has 2 unspecified atom stereocenters. The molecule has 1 heterocycles. The fourth-order valence-corrected chi connectivity index (χ4v) is 2.27. The third-order valence-electron chi connectivity index (χ3n) is 3.26. The van der Waals surface area contributed by atoms with Crippen LogP contribution in [0.15, 0.2) is 30.5 Å². The summed E-state index contributed by atoms with van der Waals surface area (Å²) in [5, 5.41) is 1.26. The zero-order chi connectivity index (χ0) is 12.4. The fraction of sp³-hybridized carbons (Fsp3) is 0.429. The van der Waals surface area contributed by atoms with Crippen molar-refractivity contribution < 1.29 is 0 Å². The number of nitrogens with zero attached hydrogens (tertiary/aromatic N) is 1. The van der Waals surface area contributed by atoms with Crippen molar-refractivity contribution in [1.82, 2.24) is 4.57 Å². The van der Waals surface area contributed by atoms with Crippen molar-refractivity contribution in [2.75, 3.05) is 0 Å². The van der Waals surface area contributed by atoms with Gasteiger partial charge in [0.05, 0.1) is 0 Å². The van der Waals surface area contributed by atoms with Crippen molar-refractivity contribution in [3.63, 3.8) is 0 Å². The van der Waals surface area contributed by atoms with Crippen LogP contribution in [-0.2, 0) is 7.05 Å². The van der Waals surface area contributed by atoms with Gasteiger partial charge in [-0.3, -0.25) is 0 Å². The molecule has 0 radical (unpaired) electrons. The van der Waals surface area contributed by atoms with Crippen LogP contribution in [0.1, 0.15) is 31.4 Å². The number of rotatable bonds is 4. The fourth-order valence-electron chi connectivity index (χ4n) is 2.27. The van der Waals surface area contributed by atoms with E-state index in [0.717, 1.165) is 12.8 Å². The van der Waals surface area contributed by atoms with Gasteiger partial charge in [0.2, 0.25) is 0 Å². The average Bonchev–Trinajstić information content (AvgIpc) is 2.65. The second-order valence-electron chi connectivity index (χ2n) is 4.87. The Labute approximate surface area is 102 Å². The van der Waals surface area contributed by atoms with Crippen molar-refractivity contribution in [1.29, 1.82) is 0 Å². The summed E-state index contributed by atoms with van der Waals surface area (Å²) < 4.78 is 2.14. The van der Waals surface area contributed by atoms with E-state index in [1.165, 1.54) is 16.5 Å². The number of aryl methyl sites for hydroxylation is 1. The van der Waals surface area contributed by atoms with Gasteiger partial charge < -0.3 is 16.0 Å². The molecule has 92 valence electrons. The molecule has 0 aliphatic carbocycles. The minimum atomic E-state index is 0.0760. The van der Waals surface area contributed by atoms with Gasteiger partial charge in [0.15, 0.2) is 0 Å². The normalized spacial score (nSPS) is 15.1. The average molecular weight is 231 g/mol. The number of hydrogen-bond donors (Lipinski definition) is 2. The first-order valence-electron chi connectivity index (χ1n) is 6.14. The van der Waals surface area contributed by atoms with Crippen LogP contribution in [0.5, 0.6) is 0 Å². The van der Waals surface area contributed by atoms with Crippen LogP contribution in [0.4, 0.5) is 0 Å². The molecule has 0 aliphatic heterocycles. The van der Waals surface area contributed by atoms with Crippen LogP contribution in [0.2, 0.25) is 0 Å². The third kappa shape index (κ3) is 2.51. The van der Waals surface area contributed by atoms with E-state index in [2.05, 4.69) is 42.1 Å². The molecule has 1 aromatic heterocycles. The Morgan fingerprint density at radius 3 is 2.59 bits per heavy atom. The molecule has 0 spiro atoms. The lowest BCUT2D eigenvalue weighted by molar-refractivity contribution is 0.556. The SMILES string of the molecule is CC(N)CCC(N)c1cn(C)c2ccccc12. The van der Waals surface area contributed by atoms with Gasteiger partial charge in [-0.1, -0.05) is 18.2 Å². The molecule has 0 aliphatic rings. The van der Waals surface area contributed by atoms with E-state index < -0.39 is 0 Å². The maximum atomic E-state index is 6.25. The second kappa shape index (κ2) is 4.90. The lowest BCUT2D eigenvalue weighted by Crippen LogP contribution is -2.18. The van der Waals surface area contributed by atoms with Crippen LogP contribution in [0, 0.1) is 0 Å². The van der Waals surface area contributed by atoms with Crippen molar-refractivity contribution in [2.45, 2.75) is 31.8 Å². The molecular formula is C14H21N3. The molecule has 0 saturated carbocycles. The van der Waals surface area contributed by atoms with Gasteiger partial charge >= 0.3 is 0 Å². The van der Waals surface area contributed by atoms with Gasteiger partial charge in [0, 0.05) is 36.2 Å². The molecule has 2 atom stereocenters. The second-order valence-corrected chi connectivity index (χ2v) is 4.87. The molecule has 0 saturated heterocycles. The number of hydrogen-bond acceptors (Lipinski definition) is 2. The number of fused-ring (bicyclic) bond motifs is 1. The van der Waals surface area contributed by atoms with Gasteiger partial charge in [-0.15, -0.1) is 0 Å². The van der Waals surface area contributed by atoms with Gasteiger partial charge in [-0.2, -0.15) is 0 Å². The Balaban J connectivity index is 2.29. The lowest BCUT2D eigenvalue weighted by Gasteiger charge is -2.12. The molecule has 2 rings (SSSR count). The van der Waals surface area contributed by atoms with Crippen LogP contribution >= 0.6 is 0 Å². The van der Waals surface area contributed by atoms with Gasteiger partial charge in [-0.05, 0) is 31.4 Å². The minimum absolute atomic E-state index is 0.0760. The van der Waals surface area contributed by atoms with E-state index in [-0.39, 0.29) is 12.1 Å². The quantitative estimate of drug-likeness (QED) is 0.848. The summed E-state index contributed by atoms with van der Waals surface area (Å²) in [6, 6.07) is 8.67. The van der Waals surface area contributed by atoms with E-state index in [9.17, 15) is 0 Å². The van der Waals surface area contributed by atoms with E-state index in [0.29, 0.717) is 0 Å². The lowest BCUT2D eigenvalue weighted by atomic mass is 10.0. The molecule has 0 amide bonds. The molecule has 17 heavy (non-hydrogen) atoms. The maximum absolute atomic E-state index is 6.25. The van der Waals surface area contributed by atoms with Gasteiger partial charge in [-0.25, -0.2) is 0 Å². The smallest absolute Gasteiger partial charge is 0.0481 e. The predicted octanol–water partition coefficient (Wildman–Crippen LogP) is 2.31. The molecule has 0 bridgehead atoms. The molecule has 3 nitrogen and oxygen atoms in total. The number of para-hydroxylation sites is 1. The van der Waals surface area contributed by atoms with Crippen LogP contribution in [0.25, 0.3) is 10.9 Å². The predicted molar refractivity (Wildman–Crippen MR) is 72.7 cm³/mol. The number of aromatic nitrogens is 1. The number of benzene rings is 1. The Morgan fingerprint density at radius 1 is 1.18 bits per heavy atom. The summed E-state index contributed by atoms with van der Waals surface area (Å²) in [6.07, 6.45) is 4.03. The largest absolute Gasteiger partial charge is 0.350 e. The van der Waals surface area contributed by atoms with Gasteiger partial charge in [0.25, 0.3) is 0 Å². The van der Waals surface area contributed by atoms with Crippen LogP contribution in [-0.4, -0.2) is 10.6 Å². The van der Waals surface area contributed by atoms with Crippen molar-refractivity contribution in [3.05, 3.63) is 36.0 Å². The molecule has 4 N–H and O–H groups in total. The van der Waals surface area contributed by atoms with E-state index in [4.69, 9.17) is 11.5 Å². The monoisotopic (exact) mass is 231 g/mol. The molecule has 2 aromatic rings. The molecule has 1 aromatic carbocycles. The standard InChI is InChI=1S/C14H21N3/c1-10(15)7-8-13(16)12-9-17(2)14-6-4-3-5-11(12)14/h3-6,9-10,13H,7-8,15-16H2,1-2H3. The first-order valence-corrected chi connectivity index (χ1v) is 6.14. The topological polar surface area (TPSA) is 57.0 Å². The Bertz CT molecular complexity index is 499. The summed E-state index contributed by atoms with van der Waals surface area (Å²) in [6.45, 7) is 2.02. The highest BCUT2D eigenvalue weighted by atomic mass is 14.9. The van der Waals surface area contributed by atoms with Crippen LogP contribution in [0.3, 0.4) is 0 Å². The maximum Gasteiger partial charge on any atom is 0.0481 e. The summed E-state index contributed by atoms with van der Waals surface area (Å²) in [5.41, 5.74) is 14.5. The Kier molecular flexibility index (Phi) is 3.50. The first kappa shape index (κ1) is 12.1. The molecular weight excluding hydrogens is 210 g/mol. The zero-order valence-corrected chi connectivity index (χ0v) is 10.6. The van der Waals surface area contributed by atoms with E-state index in [1.54, 1.807) is 0 Å². The summed E-state index contributed by atoms with van der Waals surface area (Å²) in [4.78, 5) is 0. The summed E-state index contributed by atoms with van der Waals surface area (Å²) in [7, 11) is 2.06. The minimum Gasteiger partial charge on any atom is -0.350 e. The Morgan fingerprint density at radius 2 is 1.88 bits per heavy atom. The Hall–Kier alpha value is -1.32. The highest BCUT2D eigenvalue weighted by Gasteiger charge is 2.13. The molecule has 3 heteroatoms. The highest BCUT2D eigenvalue weighted by Crippen LogP contribution is 2.27. The van der Waals surface area contributed by atoms with Gasteiger partial charge in [0.1, 0.15) is 0 Å².